The highest BCUT2D eigenvalue weighted by Gasteiger charge is 2.19. The fraction of sp³-hybridized carbons (Fsp3) is 0.323. The summed E-state index contributed by atoms with van der Waals surface area (Å²) in [7, 11) is 0. The molecule has 0 fully saturated rings. The highest BCUT2D eigenvalue weighted by Crippen LogP contribution is 2.40. The Morgan fingerprint density at radius 1 is 1.02 bits per heavy atom. The van der Waals surface area contributed by atoms with Gasteiger partial charge in [-0.05, 0) is 123 Å². The molecule has 0 radical (unpaired) electrons. The Kier molecular flexibility index (Phi) is 12.2. The van der Waals surface area contributed by atoms with Gasteiger partial charge in [-0.3, -0.25) is 14.4 Å². The molecule has 1 atom stereocenters. The van der Waals surface area contributed by atoms with Gasteiger partial charge in [0.1, 0.15) is 11.6 Å². The second kappa shape index (κ2) is 16.3. The Morgan fingerprint density at radius 2 is 1.82 bits per heavy atom. The van der Waals surface area contributed by atoms with E-state index >= 15 is 0 Å². The van der Waals surface area contributed by atoms with Gasteiger partial charge in [0, 0.05) is 36.9 Å². The van der Waals surface area contributed by atoms with Crippen LogP contribution in [0.5, 0.6) is 17.2 Å². The van der Waals surface area contributed by atoms with Crippen molar-refractivity contribution in [3.05, 3.63) is 90.4 Å². The zero-order valence-corrected chi connectivity index (χ0v) is 27.3. The van der Waals surface area contributed by atoms with E-state index in [-0.39, 0.29) is 54.0 Å². The van der Waals surface area contributed by atoms with Crippen molar-refractivity contribution < 1.29 is 28.6 Å². The number of unbranched alkanes of at least 4 members (excludes halogenated alkanes) is 1. The van der Waals surface area contributed by atoms with E-state index in [1.807, 2.05) is 12.1 Å². The number of rotatable bonds is 7. The number of aromatic hydroxyl groups is 1. The van der Waals surface area contributed by atoms with Crippen LogP contribution in [-0.2, 0) is 22.4 Å². The van der Waals surface area contributed by atoms with E-state index in [1.165, 1.54) is 6.07 Å². The molecule has 4 N–H and O–H groups in total. The summed E-state index contributed by atoms with van der Waals surface area (Å²) in [5.41, 5.74) is 10.4. The predicted molar refractivity (Wildman–Crippen MR) is 173 cm³/mol. The molecule has 0 aromatic heterocycles. The van der Waals surface area contributed by atoms with Crippen molar-refractivity contribution in [2.75, 3.05) is 13.1 Å². The molecule has 11 nitrogen and oxygen atoms in total. The van der Waals surface area contributed by atoms with Gasteiger partial charge in [-0.2, -0.15) is 0 Å². The number of phenols is 1. The lowest BCUT2D eigenvalue weighted by atomic mass is 10.0. The van der Waals surface area contributed by atoms with Gasteiger partial charge >= 0.3 is 0 Å². The molecule has 2 heterocycles. The molecule has 2 aliphatic rings. The number of nitrogens with one attached hydrogen (secondary N) is 3. The fourth-order valence-electron chi connectivity index (χ4n) is 4.81. The van der Waals surface area contributed by atoms with Crippen LogP contribution in [0.2, 0.25) is 0 Å². The number of azide groups is 1. The molecule has 2 aliphatic heterocycles. The Balaban J connectivity index is 1.39. The Bertz CT molecular complexity index is 1630. The molecule has 45 heavy (non-hydrogen) atoms. The zero-order valence-electron chi connectivity index (χ0n) is 24.1. The minimum atomic E-state index is -0.628. The Labute approximate surface area is 275 Å². The maximum Gasteiger partial charge on any atom is 0.251 e. The number of halogens is 3. The van der Waals surface area contributed by atoms with Crippen LogP contribution in [0.25, 0.3) is 10.4 Å². The van der Waals surface area contributed by atoms with Gasteiger partial charge in [-0.15, -0.1) is 0 Å². The first kappa shape index (κ1) is 33.8. The smallest absolute Gasteiger partial charge is 0.251 e. The maximum absolute atomic E-state index is 13.7. The molecular weight excluding hydrogens is 715 g/mol. The summed E-state index contributed by atoms with van der Waals surface area (Å²) in [5.74, 6) is -0.891. The average molecular weight is 746 g/mol. The summed E-state index contributed by atoms with van der Waals surface area (Å²) < 4.78 is 20.8. The number of carbonyl (C=O) groups is 3. The number of ether oxygens (including phenoxy) is 1. The van der Waals surface area contributed by atoms with Crippen LogP contribution >= 0.6 is 31.9 Å². The first-order chi connectivity index (χ1) is 21.6. The first-order valence-corrected chi connectivity index (χ1v) is 15.9. The van der Waals surface area contributed by atoms with Crippen molar-refractivity contribution in [2.45, 2.75) is 51.0 Å². The summed E-state index contributed by atoms with van der Waals surface area (Å²) in [6.45, 7) is 0.592. The Morgan fingerprint density at radius 3 is 2.60 bits per heavy atom. The van der Waals surface area contributed by atoms with Gasteiger partial charge in [0.15, 0.2) is 11.5 Å². The third kappa shape index (κ3) is 9.93. The van der Waals surface area contributed by atoms with Crippen molar-refractivity contribution in [1.29, 1.82) is 0 Å². The zero-order chi connectivity index (χ0) is 32.3. The van der Waals surface area contributed by atoms with Crippen LogP contribution < -0.4 is 20.7 Å². The lowest BCUT2D eigenvalue weighted by molar-refractivity contribution is -0.123. The number of hydrogen-bond acceptors (Lipinski definition) is 6. The second-order valence-electron chi connectivity index (χ2n) is 10.5. The summed E-state index contributed by atoms with van der Waals surface area (Å²) in [4.78, 5) is 40.9. The second-order valence-corrected chi connectivity index (χ2v) is 12.2. The van der Waals surface area contributed by atoms with Crippen molar-refractivity contribution in [1.82, 2.24) is 16.0 Å². The van der Waals surface area contributed by atoms with Crippen LogP contribution in [0, 0.1) is 5.82 Å². The number of fused-ring (bicyclic) bond motifs is 11. The number of aryl methyl sites for hydroxylation is 1. The van der Waals surface area contributed by atoms with E-state index in [0.29, 0.717) is 53.3 Å². The van der Waals surface area contributed by atoms with E-state index in [0.717, 1.165) is 23.3 Å². The molecular formula is C31H31Br2FN6O5. The van der Waals surface area contributed by atoms with Gasteiger partial charge in [-0.1, -0.05) is 11.2 Å². The molecule has 3 aromatic rings. The van der Waals surface area contributed by atoms with Crippen LogP contribution in [0.4, 0.5) is 10.1 Å². The molecule has 0 aliphatic carbocycles. The van der Waals surface area contributed by atoms with Crippen molar-refractivity contribution in [3.63, 3.8) is 0 Å². The van der Waals surface area contributed by atoms with Crippen LogP contribution in [0.3, 0.4) is 0 Å². The summed E-state index contributed by atoms with van der Waals surface area (Å²) in [6, 6.07) is 11.9. The van der Waals surface area contributed by atoms with Crippen LogP contribution in [0.15, 0.2) is 62.6 Å². The van der Waals surface area contributed by atoms with Gasteiger partial charge in [0.25, 0.3) is 5.91 Å². The van der Waals surface area contributed by atoms with Crippen molar-refractivity contribution in [2.24, 2.45) is 5.11 Å². The first-order valence-electron chi connectivity index (χ1n) is 14.3. The highest BCUT2D eigenvalue weighted by atomic mass is 79.9. The average Bonchev–Trinajstić information content (AvgIpc) is 2.99. The maximum atomic E-state index is 13.7. The normalized spacial score (nSPS) is 15.5. The summed E-state index contributed by atoms with van der Waals surface area (Å²) in [5, 5.41) is 22.5. The molecule has 0 unspecified atom stereocenters. The number of hydrogen-bond donors (Lipinski definition) is 4. The summed E-state index contributed by atoms with van der Waals surface area (Å²) >= 11 is 6.89. The van der Waals surface area contributed by atoms with Crippen LogP contribution in [0.1, 0.15) is 53.6 Å². The molecule has 0 spiro atoms. The molecule has 5 rings (SSSR count). The van der Waals surface area contributed by atoms with E-state index in [1.54, 1.807) is 18.2 Å². The number of carbonyl (C=O) groups excluding carboxylic acids is 3. The van der Waals surface area contributed by atoms with E-state index < -0.39 is 17.8 Å². The summed E-state index contributed by atoms with van der Waals surface area (Å²) in [6.07, 6.45) is 2.83. The van der Waals surface area contributed by atoms with Crippen LogP contribution in [-0.4, -0.2) is 42.0 Å². The molecule has 236 valence electrons. The number of benzene rings is 3. The number of phenolic OH excluding ortho intramolecular Hbond substituents is 1. The minimum absolute atomic E-state index is 0.0254. The third-order valence-corrected chi connectivity index (χ3v) is 8.32. The fourth-order valence-corrected chi connectivity index (χ4v) is 5.81. The SMILES string of the molecule is [N-]=[N+]=Nc1ccc(F)cc1C(=O)NCCCC[C@H]1CC(=O)NCCc2cc(Br)c(O)c(c2)Oc2ccc(cc2Br)CCC(=O)N1. The molecule has 4 bridgehead atoms. The van der Waals surface area contributed by atoms with Gasteiger partial charge in [0.05, 0.1) is 20.2 Å². The standard InChI is InChI=1S/C31H31Br2FN6O5/c32-23-13-18-4-8-26(23)45-27-15-19(14-24(33)30(27)43)10-12-36-29(42)17-21(38-28(41)9-5-18)3-1-2-11-37-31(44)22-16-20(34)6-7-25(22)39-40-35/h4,6-8,13-16,21,43H,1-3,5,9-12,17H2,(H,36,42)(H,37,44)(H,38,41)/t21-/m0/s1. The lowest BCUT2D eigenvalue weighted by Crippen LogP contribution is -2.39. The van der Waals surface area contributed by atoms with E-state index in [2.05, 4.69) is 57.8 Å². The highest BCUT2D eigenvalue weighted by molar-refractivity contribution is 9.11. The minimum Gasteiger partial charge on any atom is -0.503 e. The quantitative estimate of drug-likeness (QED) is 0.0896. The largest absolute Gasteiger partial charge is 0.503 e. The van der Waals surface area contributed by atoms with Gasteiger partial charge in [0.2, 0.25) is 11.8 Å². The molecule has 3 amide bonds. The monoisotopic (exact) mass is 744 g/mol. The van der Waals surface area contributed by atoms with Crippen molar-refractivity contribution >= 4 is 55.3 Å². The molecule has 0 saturated heterocycles. The van der Waals surface area contributed by atoms with Crippen molar-refractivity contribution in [3.8, 4) is 17.2 Å². The number of nitrogens with zero attached hydrogens (tertiary/aromatic N) is 3. The lowest BCUT2D eigenvalue weighted by Gasteiger charge is -2.19. The predicted octanol–water partition coefficient (Wildman–Crippen LogP) is 6.87. The Hall–Kier alpha value is -4.13. The molecule has 14 heteroatoms. The molecule has 0 saturated carbocycles. The van der Waals surface area contributed by atoms with Gasteiger partial charge in [-0.25, -0.2) is 4.39 Å². The molecule has 3 aromatic carbocycles. The van der Waals surface area contributed by atoms with Gasteiger partial charge < -0.3 is 25.8 Å². The van der Waals surface area contributed by atoms with E-state index in [4.69, 9.17) is 10.3 Å². The van der Waals surface area contributed by atoms with E-state index in [9.17, 15) is 23.9 Å². The number of amides is 3. The topological polar surface area (TPSA) is 166 Å². The third-order valence-electron chi connectivity index (χ3n) is 7.10.